The first-order valence-corrected chi connectivity index (χ1v) is 6.21. The summed E-state index contributed by atoms with van der Waals surface area (Å²) in [7, 11) is 0. The average molecular weight is 257 g/mol. The molecule has 18 heavy (non-hydrogen) atoms. The molecular formula is C14H18F3N. The molecule has 0 radical (unpaired) electrons. The highest BCUT2D eigenvalue weighted by atomic mass is 19.4. The predicted molar refractivity (Wildman–Crippen MR) is 67.0 cm³/mol. The van der Waals surface area contributed by atoms with E-state index in [4.69, 9.17) is 0 Å². The van der Waals surface area contributed by atoms with Gasteiger partial charge in [0.1, 0.15) is 0 Å². The highest BCUT2D eigenvalue weighted by Gasteiger charge is 2.30. The normalized spacial score (nSPS) is 12.8. The van der Waals surface area contributed by atoms with Crippen LogP contribution in [-0.2, 0) is 6.18 Å². The zero-order valence-corrected chi connectivity index (χ0v) is 10.7. The molecule has 0 fully saturated rings. The second-order valence-electron chi connectivity index (χ2n) is 4.20. The fraction of sp³-hybridized carbons (Fsp3) is 0.500. The summed E-state index contributed by atoms with van der Waals surface area (Å²) in [4.78, 5) is 4.06. The van der Waals surface area contributed by atoms with E-state index in [1.54, 1.807) is 0 Å². The highest BCUT2D eigenvalue weighted by Crippen LogP contribution is 2.31. The van der Waals surface area contributed by atoms with E-state index in [9.17, 15) is 13.2 Å². The van der Waals surface area contributed by atoms with Crippen LogP contribution in [0.15, 0.2) is 24.4 Å². The van der Waals surface area contributed by atoms with Gasteiger partial charge in [-0.2, -0.15) is 13.2 Å². The van der Waals surface area contributed by atoms with Crippen LogP contribution in [0.2, 0.25) is 0 Å². The third-order valence-corrected chi connectivity index (χ3v) is 2.62. The molecule has 1 aromatic rings. The number of pyridine rings is 1. The summed E-state index contributed by atoms with van der Waals surface area (Å²) >= 11 is 0. The second kappa shape index (κ2) is 6.57. The van der Waals surface area contributed by atoms with Gasteiger partial charge in [-0.3, -0.25) is 4.98 Å². The molecule has 0 saturated heterocycles. The van der Waals surface area contributed by atoms with Crippen molar-refractivity contribution in [3.63, 3.8) is 0 Å². The molecule has 0 aliphatic rings. The van der Waals surface area contributed by atoms with Crippen LogP contribution < -0.4 is 0 Å². The minimum atomic E-state index is -4.31. The number of aromatic nitrogens is 1. The van der Waals surface area contributed by atoms with Gasteiger partial charge < -0.3 is 0 Å². The second-order valence-corrected chi connectivity index (χ2v) is 4.20. The molecule has 1 rings (SSSR count). The number of halogens is 3. The Balaban J connectivity index is 3.05. The average Bonchev–Trinajstić information content (AvgIpc) is 2.33. The Hall–Kier alpha value is -1.32. The van der Waals surface area contributed by atoms with E-state index in [1.807, 2.05) is 19.9 Å². The molecule has 1 nitrogen and oxygen atoms in total. The molecule has 0 saturated carbocycles. The summed E-state index contributed by atoms with van der Waals surface area (Å²) in [5.41, 5.74) is 0.719. The van der Waals surface area contributed by atoms with Crippen LogP contribution in [0.5, 0.6) is 0 Å². The van der Waals surface area contributed by atoms with Crippen LogP contribution in [0.1, 0.15) is 50.8 Å². The molecule has 0 N–H and O–H groups in total. The lowest BCUT2D eigenvalue weighted by Gasteiger charge is -2.10. The van der Waals surface area contributed by atoms with Crippen molar-refractivity contribution in [3.8, 4) is 0 Å². The molecule has 0 amide bonds. The third kappa shape index (κ3) is 4.17. The summed E-state index contributed by atoms with van der Waals surface area (Å²) in [5.74, 6) is 0. The number of alkyl halides is 3. The Morgan fingerprint density at radius 1 is 1.28 bits per heavy atom. The Morgan fingerprint density at radius 3 is 2.56 bits per heavy atom. The van der Waals surface area contributed by atoms with Gasteiger partial charge in [0, 0.05) is 6.20 Å². The van der Waals surface area contributed by atoms with Crippen LogP contribution in [0, 0.1) is 0 Å². The maximum Gasteiger partial charge on any atom is 0.416 e. The molecule has 0 aromatic carbocycles. The predicted octanol–water partition coefficient (Wildman–Crippen LogP) is 5.08. The minimum Gasteiger partial charge on any atom is -0.257 e. The first-order valence-electron chi connectivity index (χ1n) is 6.21. The number of unbranched alkanes of at least 4 members (excludes halogenated alkanes) is 1. The quantitative estimate of drug-likeness (QED) is 0.716. The molecule has 0 bridgehead atoms. The zero-order chi connectivity index (χ0) is 13.6. The van der Waals surface area contributed by atoms with E-state index >= 15 is 0 Å². The summed E-state index contributed by atoms with van der Waals surface area (Å²) in [6, 6.07) is 2.14. The fourth-order valence-corrected chi connectivity index (χ4v) is 1.71. The van der Waals surface area contributed by atoms with Crippen molar-refractivity contribution in [2.75, 3.05) is 0 Å². The molecule has 1 aromatic heterocycles. The van der Waals surface area contributed by atoms with Crippen LogP contribution in [0.3, 0.4) is 0 Å². The van der Waals surface area contributed by atoms with E-state index in [2.05, 4.69) is 4.98 Å². The molecule has 0 atom stereocenters. The van der Waals surface area contributed by atoms with Crippen LogP contribution in [0.4, 0.5) is 13.2 Å². The Labute approximate surface area is 106 Å². The SMILES string of the molecule is CCC/C=C(\CCC)c1cc(C(F)(F)F)ccn1. The van der Waals surface area contributed by atoms with Gasteiger partial charge in [-0.25, -0.2) is 0 Å². The van der Waals surface area contributed by atoms with E-state index in [0.29, 0.717) is 5.69 Å². The van der Waals surface area contributed by atoms with Crippen LogP contribution >= 0.6 is 0 Å². The molecule has 1 heterocycles. The molecule has 0 aliphatic carbocycles. The van der Waals surface area contributed by atoms with Crippen molar-refractivity contribution >= 4 is 5.57 Å². The van der Waals surface area contributed by atoms with Gasteiger partial charge in [-0.05, 0) is 30.5 Å². The lowest BCUT2D eigenvalue weighted by molar-refractivity contribution is -0.137. The monoisotopic (exact) mass is 257 g/mol. The van der Waals surface area contributed by atoms with Crippen molar-refractivity contribution in [1.82, 2.24) is 4.98 Å². The van der Waals surface area contributed by atoms with Gasteiger partial charge >= 0.3 is 6.18 Å². The van der Waals surface area contributed by atoms with Gasteiger partial charge in [0.25, 0.3) is 0 Å². The molecule has 4 heteroatoms. The van der Waals surface area contributed by atoms with E-state index < -0.39 is 11.7 Å². The molecular weight excluding hydrogens is 239 g/mol. The van der Waals surface area contributed by atoms with Crippen molar-refractivity contribution < 1.29 is 13.2 Å². The maximum atomic E-state index is 12.6. The summed E-state index contributed by atoms with van der Waals surface area (Å²) in [6.07, 6.45) is 2.42. The first-order chi connectivity index (χ1) is 8.49. The minimum absolute atomic E-state index is 0.445. The molecule has 100 valence electrons. The first kappa shape index (κ1) is 14.7. The van der Waals surface area contributed by atoms with Gasteiger partial charge in [-0.1, -0.05) is 32.8 Å². The van der Waals surface area contributed by atoms with E-state index in [0.717, 1.165) is 43.4 Å². The third-order valence-electron chi connectivity index (χ3n) is 2.62. The van der Waals surface area contributed by atoms with Crippen molar-refractivity contribution in [1.29, 1.82) is 0 Å². The molecule has 0 aliphatic heterocycles. The topological polar surface area (TPSA) is 12.9 Å². The highest BCUT2D eigenvalue weighted by molar-refractivity contribution is 5.62. The zero-order valence-electron chi connectivity index (χ0n) is 10.7. The number of hydrogen-bond acceptors (Lipinski definition) is 1. The lowest BCUT2D eigenvalue weighted by Crippen LogP contribution is -2.06. The lowest BCUT2D eigenvalue weighted by atomic mass is 10.0. The molecule has 0 unspecified atom stereocenters. The Bertz CT molecular complexity index is 408. The van der Waals surface area contributed by atoms with Crippen molar-refractivity contribution in [2.24, 2.45) is 0 Å². The van der Waals surface area contributed by atoms with E-state index in [-0.39, 0.29) is 0 Å². The fourth-order valence-electron chi connectivity index (χ4n) is 1.71. The maximum absolute atomic E-state index is 12.6. The van der Waals surface area contributed by atoms with Crippen LogP contribution in [0.25, 0.3) is 5.57 Å². The molecule has 0 spiro atoms. The summed E-state index contributed by atoms with van der Waals surface area (Å²) < 4.78 is 37.9. The van der Waals surface area contributed by atoms with Crippen LogP contribution in [-0.4, -0.2) is 4.98 Å². The Kier molecular flexibility index (Phi) is 5.38. The van der Waals surface area contributed by atoms with Gasteiger partial charge in [-0.15, -0.1) is 0 Å². The smallest absolute Gasteiger partial charge is 0.257 e. The summed E-state index contributed by atoms with van der Waals surface area (Å²) in [5, 5.41) is 0. The largest absolute Gasteiger partial charge is 0.416 e. The number of rotatable bonds is 5. The summed E-state index contributed by atoms with van der Waals surface area (Å²) in [6.45, 7) is 4.05. The van der Waals surface area contributed by atoms with Gasteiger partial charge in [0.2, 0.25) is 0 Å². The van der Waals surface area contributed by atoms with Crippen molar-refractivity contribution in [2.45, 2.75) is 45.7 Å². The number of hydrogen-bond donors (Lipinski definition) is 0. The van der Waals surface area contributed by atoms with E-state index in [1.165, 1.54) is 6.20 Å². The standard InChI is InChI=1S/C14H18F3N/c1-3-5-7-11(6-4-2)13-10-12(8-9-18-13)14(15,16)17/h7-10H,3-6H2,1-2H3/b11-7+. The Morgan fingerprint density at radius 2 is 2.00 bits per heavy atom. The van der Waals surface area contributed by atoms with Crippen molar-refractivity contribution in [3.05, 3.63) is 35.7 Å². The number of allylic oxidation sites excluding steroid dienone is 2. The van der Waals surface area contributed by atoms with Gasteiger partial charge in [0.05, 0.1) is 11.3 Å². The number of nitrogens with zero attached hydrogens (tertiary/aromatic N) is 1. The van der Waals surface area contributed by atoms with Gasteiger partial charge in [0.15, 0.2) is 0 Å².